The Labute approximate surface area is 173 Å². The number of unbranched alkanes of at least 4 members (excludes halogenated alkanes) is 2. The van der Waals surface area contributed by atoms with E-state index < -0.39 is 33.8 Å². The molecular formula is C19H46O4Si4. The summed E-state index contributed by atoms with van der Waals surface area (Å²) in [5.41, 5.74) is 0.478. The Morgan fingerprint density at radius 3 is 1.70 bits per heavy atom. The van der Waals surface area contributed by atoms with E-state index in [0.717, 1.165) is 19.3 Å². The fourth-order valence-electron chi connectivity index (χ4n) is 4.09. The quantitative estimate of drug-likeness (QED) is 0.238. The van der Waals surface area contributed by atoms with Gasteiger partial charge in [0.05, 0.1) is 13.2 Å². The molecule has 0 aliphatic carbocycles. The predicted molar refractivity (Wildman–Crippen MR) is 126 cm³/mol. The monoisotopic (exact) mass is 450 g/mol. The second-order valence-corrected chi connectivity index (χ2v) is 27.4. The average Bonchev–Trinajstić information content (AvgIpc) is 2.34. The number of hydrogen-bond acceptors (Lipinski definition) is 4. The van der Waals surface area contributed by atoms with E-state index >= 15 is 0 Å². The summed E-state index contributed by atoms with van der Waals surface area (Å²) in [6, 6.07) is 1.08. The summed E-state index contributed by atoms with van der Waals surface area (Å²) in [6.45, 7) is 24.5. The first-order chi connectivity index (χ1) is 12.1. The maximum atomic E-state index is 6.76. The Bertz CT molecular complexity index is 450. The highest BCUT2D eigenvalue weighted by molar-refractivity contribution is 6.89. The van der Waals surface area contributed by atoms with Crippen LogP contribution in [0.3, 0.4) is 0 Å². The van der Waals surface area contributed by atoms with Crippen molar-refractivity contribution in [2.75, 3.05) is 13.2 Å². The summed E-state index contributed by atoms with van der Waals surface area (Å²) in [5, 5.41) is 0. The molecule has 0 saturated carbocycles. The maximum Gasteiger partial charge on any atom is 0.315 e. The Morgan fingerprint density at radius 1 is 0.741 bits per heavy atom. The smallest absolute Gasteiger partial charge is 0.315 e. The third-order valence-corrected chi connectivity index (χ3v) is 18.5. The lowest BCUT2D eigenvalue weighted by molar-refractivity contribution is -0.120. The van der Waals surface area contributed by atoms with E-state index in [-0.39, 0.29) is 0 Å². The van der Waals surface area contributed by atoms with Crippen molar-refractivity contribution in [3.05, 3.63) is 0 Å². The summed E-state index contributed by atoms with van der Waals surface area (Å²) in [5.74, 6) is 0. The van der Waals surface area contributed by atoms with Crippen LogP contribution < -0.4 is 0 Å². The van der Waals surface area contributed by atoms with Gasteiger partial charge in [0.1, 0.15) is 0 Å². The van der Waals surface area contributed by atoms with Gasteiger partial charge >= 0.3 is 17.1 Å². The molecule has 1 saturated heterocycles. The summed E-state index contributed by atoms with van der Waals surface area (Å²) in [6.07, 6.45) is 6.30. The molecule has 27 heavy (non-hydrogen) atoms. The molecule has 1 unspecified atom stereocenters. The highest BCUT2D eigenvalue weighted by Crippen LogP contribution is 2.37. The Hall–Kier alpha value is 0.708. The summed E-state index contributed by atoms with van der Waals surface area (Å²) < 4.78 is 25.4. The minimum Gasteiger partial charge on any atom is -0.437 e. The van der Waals surface area contributed by atoms with E-state index in [1.807, 2.05) is 0 Å². The van der Waals surface area contributed by atoms with Crippen LogP contribution in [0.4, 0.5) is 0 Å². The molecule has 162 valence electrons. The van der Waals surface area contributed by atoms with Crippen LogP contribution in [0, 0.1) is 5.41 Å². The first-order valence-electron chi connectivity index (χ1n) is 10.8. The van der Waals surface area contributed by atoms with Gasteiger partial charge in [-0.2, -0.15) is 0 Å². The van der Waals surface area contributed by atoms with Crippen molar-refractivity contribution < 1.29 is 17.1 Å². The van der Waals surface area contributed by atoms with Gasteiger partial charge in [0.15, 0.2) is 16.6 Å². The van der Waals surface area contributed by atoms with Crippen molar-refractivity contribution >= 4 is 33.8 Å². The van der Waals surface area contributed by atoms with Crippen LogP contribution in [-0.4, -0.2) is 47.0 Å². The fraction of sp³-hybridized carbons (Fsp3) is 1.00. The SMILES string of the molecule is CCC1(CCCCC[Si](C)(O[Si](C)(C)C)O[Si](C)(C)O[Si](C)(C)C)COC1. The van der Waals surface area contributed by atoms with Crippen molar-refractivity contribution in [2.45, 2.75) is 104 Å². The second-order valence-electron chi connectivity index (χ2n) is 11.0. The standard InChI is InChI=1S/C19H46O4Si4/c1-11-19(17-20-18-19)15-13-12-14-16-27(10,22-25(5,6)7)23-26(8,9)21-24(2,3)4/h11-18H2,1-10H3. The third kappa shape index (κ3) is 10.3. The van der Waals surface area contributed by atoms with Gasteiger partial charge in [-0.1, -0.05) is 26.2 Å². The van der Waals surface area contributed by atoms with Crippen LogP contribution in [-0.2, 0) is 17.1 Å². The van der Waals surface area contributed by atoms with Crippen LogP contribution in [0.2, 0.25) is 65.0 Å². The van der Waals surface area contributed by atoms with Crippen molar-refractivity contribution in [2.24, 2.45) is 5.41 Å². The van der Waals surface area contributed by atoms with Gasteiger partial charge in [-0.3, -0.25) is 0 Å². The van der Waals surface area contributed by atoms with Crippen molar-refractivity contribution in [3.63, 3.8) is 0 Å². The normalized spacial score (nSPS) is 20.2. The van der Waals surface area contributed by atoms with E-state index in [4.69, 9.17) is 17.1 Å². The molecule has 1 aliphatic heterocycles. The van der Waals surface area contributed by atoms with Gasteiger partial charge in [-0.15, -0.1) is 0 Å². The Morgan fingerprint density at radius 2 is 1.30 bits per heavy atom. The summed E-state index contributed by atoms with van der Waals surface area (Å²) in [4.78, 5) is 0. The summed E-state index contributed by atoms with van der Waals surface area (Å²) in [7, 11) is -7.66. The molecule has 0 bridgehead atoms. The van der Waals surface area contributed by atoms with E-state index in [1.54, 1.807) is 0 Å². The molecule has 0 aromatic carbocycles. The topological polar surface area (TPSA) is 36.9 Å². The van der Waals surface area contributed by atoms with Crippen molar-refractivity contribution in [3.8, 4) is 0 Å². The lowest BCUT2D eigenvalue weighted by atomic mass is 9.78. The van der Waals surface area contributed by atoms with Crippen LogP contribution in [0.25, 0.3) is 0 Å². The number of ether oxygens (including phenoxy) is 1. The van der Waals surface area contributed by atoms with E-state index in [1.165, 1.54) is 32.1 Å². The van der Waals surface area contributed by atoms with Gasteiger partial charge in [0.2, 0.25) is 0 Å². The van der Waals surface area contributed by atoms with Crippen LogP contribution in [0.1, 0.15) is 39.0 Å². The zero-order valence-electron chi connectivity index (χ0n) is 19.8. The molecule has 4 nitrogen and oxygen atoms in total. The largest absolute Gasteiger partial charge is 0.437 e. The maximum absolute atomic E-state index is 6.76. The van der Waals surface area contributed by atoms with E-state index in [9.17, 15) is 0 Å². The zero-order chi connectivity index (χ0) is 21.0. The molecule has 0 aromatic rings. The molecule has 1 fully saturated rings. The average molecular weight is 451 g/mol. The molecule has 0 radical (unpaired) electrons. The van der Waals surface area contributed by atoms with Gasteiger partial charge in [-0.05, 0) is 77.8 Å². The minimum atomic E-state index is -2.22. The fourth-order valence-corrected chi connectivity index (χ4v) is 22.1. The van der Waals surface area contributed by atoms with Crippen molar-refractivity contribution in [1.29, 1.82) is 0 Å². The summed E-state index contributed by atoms with van der Waals surface area (Å²) >= 11 is 0. The Balaban J connectivity index is 2.59. The lowest BCUT2D eigenvalue weighted by Gasteiger charge is -2.42. The highest BCUT2D eigenvalue weighted by atomic mass is 28.5. The molecule has 1 aliphatic rings. The number of hydrogen-bond donors (Lipinski definition) is 0. The first kappa shape index (κ1) is 25.7. The lowest BCUT2D eigenvalue weighted by Crippen LogP contribution is -2.56. The van der Waals surface area contributed by atoms with Gasteiger partial charge in [-0.25, -0.2) is 0 Å². The molecule has 1 rings (SSSR count). The molecule has 0 aromatic heterocycles. The van der Waals surface area contributed by atoms with Gasteiger partial charge in [0, 0.05) is 5.41 Å². The van der Waals surface area contributed by atoms with Crippen LogP contribution in [0.5, 0.6) is 0 Å². The zero-order valence-corrected chi connectivity index (χ0v) is 23.8. The number of rotatable bonds is 13. The third-order valence-electron chi connectivity index (χ3n) is 4.94. The van der Waals surface area contributed by atoms with Crippen LogP contribution >= 0.6 is 0 Å². The van der Waals surface area contributed by atoms with Crippen molar-refractivity contribution in [1.82, 2.24) is 0 Å². The molecular weight excluding hydrogens is 405 g/mol. The Kier molecular flexibility index (Phi) is 9.23. The van der Waals surface area contributed by atoms with Gasteiger partial charge < -0.3 is 17.1 Å². The molecule has 1 atom stereocenters. The van der Waals surface area contributed by atoms with Gasteiger partial charge in [0.25, 0.3) is 0 Å². The molecule has 1 heterocycles. The molecule has 0 amide bonds. The predicted octanol–water partition coefficient (Wildman–Crippen LogP) is 6.47. The van der Waals surface area contributed by atoms with Crippen LogP contribution in [0.15, 0.2) is 0 Å². The first-order valence-corrected chi connectivity index (χ1v) is 22.9. The van der Waals surface area contributed by atoms with E-state index in [2.05, 4.69) is 65.8 Å². The molecule has 8 heteroatoms. The molecule has 0 spiro atoms. The van der Waals surface area contributed by atoms with E-state index in [0.29, 0.717) is 5.41 Å². The highest BCUT2D eigenvalue weighted by Gasteiger charge is 2.44. The minimum absolute atomic E-state index is 0.478. The molecule has 0 N–H and O–H groups in total. The second kappa shape index (κ2) is 9.68.